The fourth-order valence-corrected chi connectivity index (χ4v) is 13.0. The van der Waals surface area contributed by atoms with Crippen LogP contribution in [0.1, 0.15) is 0 Å². The van der Waals surface area contributed by atoms with Gasteiger partial charge in [0.25, 0.3) is 0 Å². The minimum Gasteiger partial charge on any atom is -0.311 e. The van der Waals surface area contributed by atoms with Gasteiger partial charge in [0, 0.05) is 33.4 Å². The lowest BCUT2D eigenvalue weighted by Crippen LogP contribution is -2.09. The zero-order chi connectivity index (χ0) is 54.1. The van der Waals surface area contributed by atoms with Crippen molar-refractivity contribution in [3.8, 4) is 61.3 Å². The summed E-state index contributed by atoms with van der Waals surface area (Å²) in [6.45, 7) is 0. The number of benzene rings is 15. The molecule has 382 valence electrons. The third kappa shape index (κ3) is 7.95. The van der Waals surface area contributed by atoms with Crippen LogP contribution in [0.5, 0.6) is 0 Å². The van der Waals surface area contributed by atoms with Crippen LogP contribution in [0.4, 0.5) is 17.1 Å². The molecule has 0 unspecified atom stereocenters. The molecule has 82 heavy (non-hydrogen) atoms. The molecule has 15 aromatic carbocycles. The van der Waals surface area contributed by atoms with E-state index in [2.05, 4.69) is 325 Å². The van der Waals surface area contributed by atoms with Crippen molar-refractivity contribution in [2.75, 3.05) is 4.90 Å². The Kier molecular flexibility index (Phi) is 11.2. The van der Waals surface area contributed by atoms with E-state index < -0.39 is 0 Å². The molecular formula is C80H52N2. The van der Waals surface area contributed by atoms with Crippen LogP contribution >= 0.6 is 0 Å². The minimum atomic E-state index is 1.08. The number of nitrogens with zero attached hydrogens (tertiary/aromatic N) is 2. The number of rotatable bonds is 9. The molecule has 0 radical (unpaired) electrons. The molecule has 16 rings (SSSR count). The van der Waals surface area contributed by atoms with Gasteiger partial charge in [-0.1, -0.05) is 237 Å². The number of hydrogen-bond donors (Lipinski definition) is 0. The summed E-state index contributed by atoms with van der Waals surface area (Å²) in [5, 5.41) is 15.1. The Morgan fingerprint density at radius 1 is 0.195 bits per heavy atom. The second-order valence-corrected chi connectivity index (χ2v) is 21.6. The molecule has 0 spiro atoms. The molecule has 2 heteroatoms. The van der Waals surface area contributed by atoms with Gasteiger partial charge in [-0.25, -0.2) is 0 Å². The summed E-state index contributed by atoms with van der Waals surface area (Å²) in [5.41, 5.74) is 18.6. The summed E-state index contributed by atoms with van der Waals surface area (Å²) in [4.78, 5) is 2.36. The third-order valence-electron chi connectivity index (χ3n) is 17.0. The first-order valence-corrected chi connectivity index (χ1v) is 28.3. The average Bonchev–Trinajstić information content (AvgIpc) is 3.57. The third-order valence-corrected chi connectivity index (χ3v) is 17.0. The van der Waals surface area contributed by atoms with Crippen molar-refractivity contribution in [2.24, 2.45) is 0 Å². The topological polar surface area (TPSA) is 8.17 Å². The monoisotopic (exact) mass is 1040 g/mol. The molecule has 0 bridgehead atoms. The van der Waals surface area contributed by atoms with Crippen molar-refractivity contribution in [1.82, 2.24) is 4.57 Å². The molecule has 0 fully saturated rings. The maximum absolute atomic E-state index is 2.50. The predicted octanol–water partition coefficient (Wildman–Crippen LogP) is 22.4. The number of fused-ring (bicyclic) bond motifs is 12. The second kappa shape index (κ2) is 19.5. The van der Waals surface area contributed by atoms with Gasteiger partial charge in [-0.05, 0) is 183 Å². The molecule has 0 saturated carbocycles. The summed E-state index contributed by atoms with van der Waals surface area (Å²) in [6.07, 6.45) is 0. The Morgan fingerprint density at radius 3 is 1.11 bits per heavy atom. The van der Waals surface area contributed by atoms with Crippen molar-refractivity contribution >= 4 is 92.7 Å². The van der Waals surface area contributed by atoms with Crippen LogP contribution in [-0.2, 0) is 0 Å². The van der Waals surface area contributed by atoms with Crippen LogP contribution in [0.3, 0.4) is 0 Å². The van der Waals surface area contributed by atoms with Crippen LogP contribution in [0.15, 0.2) is 315 Å². The summed E-state index contributed by atoms with van der Waals surface area (Å²) >= 11 is 0. The van der Waals surface area contributed by atoms with E-state index in [1.807, 2.05) is 0 Å². The van der Waals surface area contributed by atoms with Crippen LogP contribution in [0, 0.1) is 0 Å². The molecule has 0 aliphatic rings. The van der Waals surface area contributed by atoms with Gasteiger partial charge in [0.2, 0.25) is 0 Å². The predicted molar refractivity (Wildman–Crippen MR) is 350 cm³/mol. The van der Waals surface area contributed by atoms with Crippen LogP contribution in [0.2, 0.25) is 0 Å². The Labute approximate surface area is 476 Å². The smallest absolute Gasteiger partial charge is 0.0541 e. The molecule has 2 nitrogen and oxygen atoms in total. The van der Waals surface area contributed by atoms with Gasteiger partial charge >= 0.3 is 0 Å². The number of anilines is 3. The standard InChI is InChI=1S/C80H52N2/c1-3-17-53(18-4-1)55-31-40-62(41-32-55)81(63-42-33-56(34-43-63)54-19-5-2-6-20-54)64-44-35-57(36-45-64)58-38-47-79-76(49-58)77-52-61(74-50-59-21-7-8-22-65(59)67-24-9-13-28-71(67)74)39-48-80(77)82(79)78-30-16-15-23-66(78)60-37-46-73-70-27-11-10-25-68(70)69-26-12-14-29-72(69)75(73)51-60/h1-52H. The van der Waals surface area contributed by atoms with Crippen LogP contribution < -0.4 is 4.90 Å². The van der Waals surface area contributed by atoms with Gasteiger partial charge in [-0.15, -0.1) is 0 Å². The van der Waals surface area contributed by atoms with E-state index >= 15 is 0 Å². The lowest BCUT2D eigenvalue weighted by molar-refractivity contribution is 1.18. The Hall–Kier alpha value is -10.8. The van der Waals surface area contributed by atoms with Crippen LogP contribution in [-0.4, -0.2) is 4.57 Å². The van der Waals surface area contributed by atoms with E-state index in [-0.39, 0.29) is 0 Å². The molecule has 0 atom stereocenters. The van der Waals surface area contributed by atoms with Gasteiger partial charge in [0.05, 0.1) is 16.7 Å². The summed E-state index contributed by atoms with van der Waals surface area (Å²) in [5.74, 6) is 0. The minimum absolute atomic E-state index is 1.08. The lowest BCUT2D eigenvalue weighted by Gasteiger charge is -2.26. The second-order valence-electron chi connectivity index (χ2n) is 21.6. The summed E-state index contributed by atoms with van der Waals surface area (Å²) < 4.78 is 2.50. The number of hydrogen-bond acceptors (Lipinski definition) is 1. The van der Waals surface area contributed by atoms with E-state index in [4.69, 9.17) is 0 Å². The normalized spacial score (nSPS) is 11.7. The highest BCUT2D eigenvalue weighted by molar-refractivity contribution is 6.26. The molecule has 0 aliphatic carbocycles. The first-order valence-electron chi connectivity index (χ1n) is 28.3. The molecule has 1 heterocycles. The van der Waals surface area contributed by atoms with Gasteiger partial charge in [0.1, 0.15) is 0 Å². The highest BCUT2D eigenvalue weighted by Gasteiger charge is 2.21. The maximum Gasteiger partial charge on any atom is 0.0541 e. The first-order chi connectivity index (χ1) is 40.7. The van der Waals surface area contributed by atoms with Crippen molar-refractivity contribution in [2.45, 2.75) is 0 Å². The van der Waals surface area contributed by atoms with E-state index in [1.165, 1.54) is 109 Å². The van der Waals surface area contributed by atoms with Crippen LogP contribution in [0.25, 0.3) is 137 Å². The van der Waals surface area contributed by atoms with E-state index in [1.54, 1.807) is 0 Å². The quantitative estimate of drug-likeness (QED) is 0.131. The Bertz CT molecular complexity index is 5000. The Morgan fingerprint density at radius 2 is 0.549 bits per heavy atom. The fraction of sp³-hybridized carbons (Fsp3) is 0. The van der Waals surface area contributed by atoms with E-state index in [0.29, 0.717) is 0 Å². The molecule has 0 N–H and O–H groups in total. The lowest BCUT2D eigenvalue weighted by atomic mass is 9.91. The molecule has 0 amide bonds. The summed E-state index contributed by atoms with van der Waals surface area (Å²) in [6, 6.07) is 116. The van der Waals surface area contributed by atoms with Crippen molar-refractivity contribution < 1.29 is 0 Å². The largest absolute Gasteiger partial charge is 0.311 e. The van der Waals surface area contributed by atoms with Crippen molar-refractivity contribution in [3.05, 3.63) is 315 Å². The highest BCUT2D eigenvalue weighted by Crippen LogP contribution is 2.45. The number of aromatic nitrogens is 1. The van der Waals surface area contributed by atoms with Gasteiger partial charge in [-0.2, -0.15) is 0 Å². The Balaban J connectivity index is 0.853. The maximum atomic E-state index is 2.50. The summed E-state index contributed by atoms with van der Waals surface area (Å²) in [7, 11) is 0. The molecule has 0 aliphatic heterocycles. The molecule has 16 aromatic rings. The fourth-order valence-electron chi connectivity index (χ4n) is 13.0. The van der Waals surface area contributed by atoms with Crippen molar-refractivity contribution in [3.63, 3.8) is 0 Å². The first kappa shape index (κ1) is 47.2. The molecular weight excluding hydrogens is 989 g/mol. The average molecular weight is 1040 g/mol. The molecule has 0 saturated heterocycles. The molecule has 1 aromatic heterocycles. The zero-order valence-corrected chi connectivity index (χ0v) is 44.9. The van der Waals surface area contributed by atoms with Gasteiger partial charge < -0.3 is 9.47 Å². The number of para-hydroxylation sites is 1. The van der Waals surface area contributed by atoms with E-state index in [9.17, 15) is 0 Å². The van der Waals surface area contributed by atoms with E-state index in [0.717, 1.165) is 44.9 Å². The van der Waals surface area contributed by atoms with Crippen molar-refractivity contribution in [1.29, 1.82) is 0 Å². The van der Waals surface area contributed by atoms with Gasteiger partial charge in [0.15, 0.2) is 0 Å². The highest BCUT2D eigenvalue weighted by atomic mass is 15.1. The zero-order valence-electron chi connectivity index (χ0n) is 44.9. The SMILES string of the molecule is c1ccc(-c2ccc(N(c3ccc(-c4ccccc4)cc3)c3ccc(-c4ccc5c(c4)c4cc(-c6cc7ccccc7c7ccccc67)ccc4n5-c4ccccc4-c4ccc5c6ccccc6c6ccccc6c5c4)cc3)cc2)cc1. The van der Waals surface area contributed by atoms with Gasteiger partial charge in [-0.3, -0.25) is 0 Å².